The van der Waals surface area contributed by atoms with Gasteiger partial charge in [0.15, 0.2) is 11.5 Å². The lowest BCUT2D eigenvalue weighted by Gasteiger charge is -2.34. The SMILES string of the molecule is C[C@@H](Nc1nc2c(C(F)(F)F)cccc2c2nc(-c3cnn(C)c3)nn12)C(=O)N1CCN(C)CC1. The van der Waals surface area contributed by atoms with Crippen molar-refractivity contribution in [1.29, 1.82) is 0 Å². The lowest BCUT2D eigenvalue weighted by atomic mass is 10.1. The van der Waals surface area contributed by atoms with Crippen molar-refractivity contribution in [3.05, 3.63) is 36.2 Å². The van der Waals surface area contributed by atoms with Crippen molar-refractivity contribution in [2.75, 3.05) is 38.5 Å². The van der Waals surface area contributed by atoms with Crippen LogP contribution < -0.4 is 5.32 Å². The second-order valence-corrected chi connectivity index (χ2v) is 8.70. The fourth-order valence-electron chi connectivity index (χ4n) is 4.17. The highest BCUT2D eigenvalue weighted by Gasteiger charge is 2.34. The second-order valence-electron chi connectivity index (χ2n) is 8.70. The molecule has 0 radical (unpaired) electrons. The summed E-state index contributed by atoms with van der Waals surface area (Å²) >= 11 is 0. The standard InChI is InChI=1S/C22H24F3N9O/c1-13(20(35)33-9-7-31(2)8-10-33)27-21-28-17-15(5-4-6-16(17)22(23,24)25)19-29-18(30-34(19)21)14-11-26-32(3)12-14/h4-6,11-13H,7-10H2,1-3H3,(H,27,28)/t13-/m1/s1. The van der Waals surface area contributed by atoms with Gasteiger partial charge in [-0.2, -0.15) is 22.8 Å². The van der Waals surface area contributed by atoms with Gasteiger partial charge >= 0.3 is 6.18 Å². The molecule has 4 heterocycles. The van der Waals surface area contributed by atoms with Gasteiger partial charge < -0.3 is 15.1 Å². The monoisotopic (exact) mass is 487 g/mol. The third-order valence-corrected chi connectivity index (χ3v) is 6.10. The van der Waals surface area contributed by atoms with E-state index in [1.807, 2.05) is 7.05 Å². The summed E-state index contributed by atoms with van der Waals surface area (Å²) in [6.45, 7) is 4.32. The molecule has 5 rings (SSSR count). The number of anilines is 1. The average molecular weight is 487 g/mol. The summed E-state index contributed by atoms with van der Waals surface area (Å²) in [6, 6.07) is 3.08. The number of rotatable bonds is 4. The highest BCUT2D eigenvalue weighted by molar-refractivity contribution is 5.95. The van der Waals surface area contributed by atoms with Crippen molar-refractivity contribution in [2.45, 2.75) is 19.1 Å². The number of nitrogens with one attached hydrogen (secondary N) is 1. The molecule has 1 amide bonds. The minimum absolute atomic E-state index is 0.00168. The summed E-state index contributed by atoms with van der Waals surface area (Å²) in [5.74, 6) is 0.123. The molecule has 1 N–H and O–H groups in total. The van der Waals surface area contributed by atoms with Crippen molar-refractivity contribution in [3.8, 4) is 11.4 Å². The first-order chi connectivity index (χ1) is 16.6. The van der Waals surface area contributed by atoms with E-state index in [1.165, 1.54) is 16.6 Å². The number of piperazine rings is 1. The van der Waals surface area contributed by atoms with Gasteiger partial charge in [-0.3, -0.25) is 9.48 Å². The van der Waals surface area contributed by atoms with Crippen LogP contribution in [0.3, 0.4) is 0 Å². The Hall–Kier alpha value is -3.74. The molecule has 1 saturated heterocycles. The number of nitrogens with zero attached hydrogens (tertiary/aromatic N) is 8. The molecule has 35 heavy (non-hydrogen) atoms. The Morgan fingerprint density at radius 3 is 2.51 bits per heavy atom. The van der Waals surface area contributed by atoms with E-state index in [0.29, 0.717) is 18.7 Å². The first-order valence-corrected chi connectivity index (χ1v) is 11.1. The Labute approximate surface area is 198 Å². The fraction of sp³-hybridized carbons (Fsp3) is 0.409. The van der Waals surface area contributed by atoms with Crippen LogP contribution in [0, 0.1) is 0 Å². The van der Waals surface area contributed by atoms with E-state index in [-0.39, 0.29) is 34.2 Å². The molecule has 0 saturated carbocycles. The van der Waals surface area contributed by atoms with E-state index >= 15 is 0 Å². The van der Waals surface area contributed by atoms with E-state index in [2.05, 4.69) is 30.4 Å². The molecule has 13 heteroatoms. The maximum absolute atomic E-state index is 13.8. The zero-order valence-corrected chi connectivity index (χ0v) is 19.4. The van der Waals surface area contributed by atoms with Gasteiger partial charge in [-0.05, 0) is 26.1 Å². The number of hydrogen-bond acceptors (Lipinski definition) is 7. The summed E-state index contributed by atoms with van der Waals surface area (Å²) in [5.41, 5.74) is -0.352. The molecule has 1 aromatic carbocycles. The number of aromatic nitrogens is 6. The van der Waals surface area contributed by atoms with E-state index in [1.54, 1.807) is 35.9 Å². The number of halogens is 3. The molecular weight excluding hydrogens is 463 g/mol. The lowest BCUT2D eigenvalue weighted by Crippen LogP contribution is -2.51. The molecule has 1 aliphatic heterocycles. The van der Waals surface area contributed by atoms with E-state index < -0.39 is 17.8 Å². The van der Waals surface area contributed by atoms with Crippen LogP contribution in [-0.2, 0) is 18.0 Å². The summed E-state index contributed by atoms with van der Waals surface area (Å²) in [6.07, 6.45) is -1.34. The first-order valence-electron chi connectivity index (χ1n) is 11.1. The van der Waals surface area contributed by atoms with Gasteiger partial charge in [-0.25, -0.2) is 9.97 Å². The van der Waals surface area contributed by atoms with Crippen LogP contribution in [0.15, 0.2) is 30.6 Å². The van der Waals surface area contributed by atoms with Crippen LogP contribution in [0.25, 0.3) is 27.9 Å². The van der Waals surface area contributed by atoms with Crippen LogP contribution in [0.1, 0.15) is 12.5 Å². The molecule has 4 aromatic rings. The van der Waals surface area contributed by atoms with Gasteiger partial charge in [0.25, 0.3) is 0 Å². The Kier molecular flexibility index (Phi) is 5.58. The number of amides is 1. The van der Waals surface area contributed by atoms with Gasteiger partial charge in [0.05, 0.1) is 22.8 Å². The third-order valence-electron chi connectivity index (χ3n) is 6.10. The zero-order valence-electron chi connectivity index (χ0n) is 19.4. The number of hydrogen-bond donors (Lipinski definition) is 1. The Morgan fingerprint density at radius 1 is 1.11 bits per heavy atom. The van der Waals surface area contributed by atoms with Crippen LogP contribution in [0.4, 0.5) is 19.1 Å². The fourth-order valence-corrected chi connectivity index (χ4v) is 4.17. The molecule has 0 aliphatic carbocycles. The van der Waals surface area contributed by atoms with Crippen LogP contribution in [-0.4, -0.2) is 84.3 Å². The Morgan fingerprint density at radius 2 is 1.86 bits per heavy atom. The summed E-state index contributed by atoms with van der Waals surface area (Å²) in [5, 5.41) is 11.8. The second kappa shape index (κ2) is 8.48. The van der Waals surface area contributed by atoms with Crippen molar-refractivity contribution >= 4 is 28.4 Å². The lowest BCUT2D eigenvalue weighted by molar-refractivity contribution is -0.136. The quantitative estimate of drug-likeness (QED) is 0.472. The molecule has 1 aliphatic rings. The maximum Gasteiger partial charge on any atom is 0.418 e. The maximum atomic E-state index is 13.8. The number of para-hydroxylation sites is 1. The Balaban J connectivity index is 1.61. The number of fused-ring (bicyclic) bond motifs is 3. The topological polar surface area (TPSA) is 96.5 Å². The van der Waals surface area contributed by atoms with E-state index in [9.17, 15) is 18.0 Å². The van der Waals surface area contributed by atoms with Gasteiger partial charge in [0.2, 0.25) is 11.9 Å². The van der Waals surface area contributed by atoms with Crippen LogP contribution >= 0.6 is 0 Å². The van der Waals surface area contributed by atoms with E-state index in [0.717, 1.165) is 19.2 Å². The molecule has 10 nitrogen and oxygen atoms in total. The molecule has 1 atom stereocenters. The number of likely N-dealkylation sites (N-methyl/N-ethyl adjacent to an activating group) is 1. The predicted octanol–water partition coefficient (Wildman–Crippen LogP) is 2.27. The summed E-state index contributed by atoms with van der Waals surface area (Å²) < 4.78 is 44.4. The average Bonchev–Trinajstić information content (AvgIpc) is 3.45. The molecule has 184 valence electrons. The van der Waals surface area contributed by atoms with Crippen molar-refractivity contribution in [1.82, 2.24) is 39.2 Å². The van der Waals surface area contributed by atoms with Crippen LogP contribution in [0.2, 0.25) is 0 Å². The van der Waals surface area contributed by atoms with E-state index in [4.69, 9.17) is 0 Å². The smallest absolute Gasteiger partial charge is 0.343 e. The molecular formula is C22H24F3N9O. The number of carbonyl (C=O) groups is 1. The number of alkyl halides is 3. The Bertz CT molecular complexity index is 1400. The molecule has 0 unspecified atom stereocenters. The van der Waals surface area contributed by atoms with Crippen molar-refractivity contribution in [3.63, 3.8) is 0 Å². The van der Waals surface area contributed by atoms with Crippen molar-refractivity contribution < 1.29 is 18.0 Å². The van der Waals surface area contributed by atoms with Gasteiger partial charge in [0.1, 0.15) is 6.04 Å². The molecule has 0 spiro atoms. The minimum Gasteiger partial charge on any atom is -0.343 e. The molecule has 0 bridgehead atoms. The molecule has 3 aromatic heterocycles. The predicted molar refractivity (Wildman–Crippen MR) is 123 cm³/mol. The van der Waals surface area contributed by atoms with Gasteiger partial charge in [0, 0.05) is 44.8 Å². The minimum atomic E-state index is -4.62. The van der Waals surface area contributed by atoms with Gasteiger partial charge in [-0.15, -0.1) is 5.10 Å². The summed E-state index contributed by atoms with van der Waals surface area (Å²) in [4.78, 5) is 25.7. The third kappa shape index (κ3) is 4.27. The normalized spacial score (nSPS) is 16.2. The van der Waals surface area contributed by atoms with Crippen molar-refractivity contribution in [2.24, 2.45) is 7.05 Å². The first kappa shape index (κ1) is 23.0. The number of aryl methyl sites for hydroxylation is 1. The largest absolute Gasteiger partial charge is 0.418 e. The summed E-state index contributed by atoms with van der Waals surface area (Å²) in [7, 11) is 3.73. The van der Waals surface area contributed by atoms with Gasteiger partial charge in [-0.1, -0.05) is 6.07 Å². The molecule has 1 fully saturated rings. The van der Waals surface area contributed by atoms with Crippen LogP contribution in [0.5, 0.6) is 0 Å². The zero-order chi connectivity index (χ0) is 24.9. The number of carbonyl (C=O) groups excluding carboxylic acids is 1. The highest BCUT2D eigenvalue weighted by Crippen LogP contribution is 2.36. The highest BCUT2D eigenvalue weighted by atomic mass is 19.4. The number of benzene rings is 1.